The van der Waals surface area contributed by atoms with Gasteiger partial charge >= 0.3 is 0 Å². The zero-order valence-electron chi connectivity index (χ0n) is 18.1. The molecule has 5 rings (SSSR count). The van der Waals surface area contributed by atoms with E-state index in [-0.39, 0.29) is 32.3 Å². The van der Waals surface area contributed by atoms with Gasteiger partial charge in [0.05, 0.1) is 31.3 Å². The molecule has 2 heterocycles. The second kappa shape index (κ2) is 9.75. The second-order valence-electron chi connectivity index (χ2n) is 7.86. The van der Waals surface area contributed by atoms with Gasteiger partial charge in [0, 0.05) is 21.9 Å². The average Bonchev–Trinajstić information content (AvgIpc) is 2.87. The summed E-state index contributed by atoms with van der Waals surface area (Å²) in [6, 6.07) is 22.1. The van der Waals surface area contributed by atoms with Gasteiger partial charge in [0.25, 0.3) is 0 Å². The van der Waals surface area contributed by atoms with Crippen LogP contribution in [0.25, 0.3) is 0 Å². The van der Waals surface area contributed by atoms with Gasteiger partial charge in [-0.05, 0) is 23.8 Å². The van der Waals surface area contributed by atoms with Gasteiger partial charge in [0.15, 0.2) is 11.5 Å². The maximum atomic E-state index is 9.37. The summed E-state index contributed by atoms with van der Waals surface area (Å²) in [4.78, 5) is 1.84. The van der Waals surface area contributed by atoms with Gasteiger partial charge in [-0.25, -0.2) is 0 Å². The third kappa shape index (κ3) is 4.11. The zero-order valence-corrected chi connectivity index (χ0v) is 18.9. The lowest BCUT2D eigenvalue weighted by Gasteiger charge is -2.44. The van der Waals surface area contributed by atoms with Crippen LogP contribution < -0.4 is 9.47 Å². The average molecular weight is 467 g/mol. The van der Waals surface area contributed by atoms with Gasteiger partial charge in [0.2, 0.25) is 5.79 Å². The maximum absolute atomic E-state index is 9.37. The predicted octanol–water partition coefficient (Wildman–Crippen LogP) is 3.93. The number of benzene rings is 3. The van der Waals surface area contributed by atoms with Gasteiger partial charge in [-0.3, -0.25) is 0 Å². The standard InChI is InChI=1S/C26H26O6S/c27-12-14-29-22-11-10-21-25(24(22)30-15-13-28)33-23-9-5-4-8-20(23)26(21)31-16-19(17-32-26)18-6-2-1-3-7-18/h1-11,19,27-28H,12-17H2. The van der Waals surface area contributed by atoms with Crippen molar-refractivity contribution < 1.29 is 29.2 Å². The van der Waals surface area contributed by atoms with Crippen molar-refractivity contribution in [2.75, 3.05) is 39.6 Å². The molecule has 33 heavy (non-hydrogen) atoms. The van der Waals surface area contributed by atoms with E-state index < -0.39 is 5.79 Å². The van der Waals surface area contributed by atoms with Crippen LogP contribution in [0.1, 0.15) is 22.6 Å². The van der Waals surface area contributed by atoms with Crippen molar-refractivity contribution in [3.63, 3.8) is 0 Å². The molecule has 172 valence electrons. The van der Waals surface area contributed by atoms with E-state index in [4.69, 9.17) is 18.9 Å². The van der Waals surface area contributed by atoms with Crippen LogP contribution in [0, 0.1) is 0 Å². The van der Waals surface area contributed by atoms with E-state index in [0.29, 0.717) is 24.7 Å². The second-order valence-corrected chi connectivity index (χ2v) is 8.91. The van der Waals surface area contributed by atoms with Crippen molar-refractivity contribution in [3.05, 3.63) is 83.4 Å². The van der Waals surface area contributed by atoms with E-state index in [0.717, 1.165) is 20.9 Å². The number of fused-ring (bicyclic) bond motifs is 4. The van der Waals surface area contributed by atoms with E-state index in [1.165, 1.54) is 5.56 Å². The molecule has 0 aliphatic carbocycles. The summed E-state index contributed by atoms with van der Waals surface area (Å²) >= 11 is 1.56. The fourth-order valence-electron chi connectivity index (χ4n) is 4.30. The lowest BCUT2D eigenvalue weighted by atomic mass is 9.92. The highest BCUT2D eigenvalue weighted by Gasteiger charge is 2.48. The van der Waals surface area contributed by atoms with Crippen LogP contribution in [0.3, 0.4) is 0 Å². The first-order valence-electron chi connectivity index (χ1n) is 11.0. The van der Waals surface area contributed by atoms with Crippen LogP contribution in [-0.4, -0.2) is 49.9 Å². The molecule has 0 saturated carbocycles. The van der Waals surface area contributed by atoms with E-state index in [1.807, 2.05) is 54.6 Å². The van der Waals surface area contributed by atoms with Crippen molar-refractivity contribution >= 4 is 11.8 Å². The maximum Gasteiger partial charge on any atom is 0.224 e. The molecule has 7 heteroatoms. The molecule has 0 bridgehead atoms. The highest BCUT2D eigenvalue weighted by molar-refractivity contribution is 7.99. The number of rotatable bonds is 7. The molecule has 2 aliphatic heterocycles. The van der Waals surface area contributed by atoms with Crippen LogP contribution in [-0.2, 0) is 15.3 Å². The van der Waals surface area contributed by atoms with Crippen LogP contribution in [0.4, 0.5) is 0 Å². The molecule has 0 atom stereocenters. The zero-order chi connectivity index (χ0) is 22.7. The third-order valence-corrected chi connectivity index (χ3v) is 7.00. The Morgan fingerprint density at radius 1 is 0.818 bits per heavy atom. The van der Waals surface area contributed by atoms with Gasteiger partial charge in [-0.15, -0.1) is 0 Å². The van der Waals surface area contributed by atoms with Crippen LogP contribution in [0.15, 0.2) is 76.5 Å². The van der Waals surface area contributed by atoms with Crippen molar-refractivity contribution in [1.29, 1.82) is 0 Å². The van der Waals surface area contributed by atoms with E-state index in [1.54, 1.807) is 11.8 Å². The fourth-order valence-corrected chi connectivity index (χ4v) is 5.54. The van der Waals surface area contributed by atoms with Crippen molar-refractivity contribution in [2.24, 2.45) is 0 Å². The minimum absolute atomic E-state index is 0.108. The number of hydrogen-bond acceptors (Lipinski definition) is 7. The van der Waals surface area contributed by atoms with Gasteiger partial charge in [-0.1, -0.05) is 60.3 Å². The highest BCUT2D eigenvalue weighted by atomic mass is 32.2. The molecule has 1 fully saturated rings. The molecule has 2 N–H and O–H groups in total. The summed E-state index contributed by atoms with van der Waals surface area (Å²) in [5, 5.41) is 18.6. The van der Waals surface area contributed by atoms with Gasteiger partial charge in [0.1, 0.15) is 13.2 Å². The first-order valence-corrected chi connectivity index (χ1v) is 11.8. The largest absolute Gasteiger partial charge is 0.487 e. The Morgan fingerprint density at radius 2 is 1.52 bits per heavy atom. The molecule has 2 aliphatic rings. The SMILES string of the molecule is OCCOc1ccc2c(c1OCCO)Sc1ccccc1C21OCC(c2ccccc2)CO1. The molecule has 1 spiro atoms. The molecule has 0 radical (unpaired) electrons. The molecular formula is C26H26O6S. The summed E-state index contributed by atoms with van der Waals surface area (Å²) in [5.41, 5.74) is 3.00. The van der Waals surface area contributed by atoms with E-state index in [2.05, 4.69) is 12.1 Å². The summed E-state index contributed by atoms with van der Waals surface area (Å²) in [6.45, 7) is 1.06. The Bertz CT molecular complexity index is 1100. The lowest BCUT2D eigenvalue weighted by Crippen LogP contribution is -2.44. The Kier molecular flexibility index (Phi) is 6.57. The normalized spacial score (nSPS) is 21.3. The quantitative estimate of drug-likeness (QED) is 0.546. The lowest BCUT2D eigenvalue weighted by molar-refractivity contribution is -0.259. The highest BCUT2D eigenvalue weighted by Crippen LogP contribution is 2.56. The van der Waals surface area contributed by atoms with E-state index in [9.17, 15) is 10.2 Å². The van der Waals surface area contributed by atoms with Crippen LogP contribution >= 0.6 is 11.8 Å². The molecule has 3 aromatic rings. The van der Waals surface area contributed by atoms with Gasteiger partial charge in [-0.2, -0.15) is 0 Å². The summed E-state index contributed by atoms with van der Waals surface area (Å²) in [6.07, 6.45) is 0. The molecule has 3 aromatic carbocycles. The Morgan fingerprint density at radius 3 is 2.27 bits per heavy atom. The monoisotopic (exact) mass is 466 g/mol. The number of hydrogen-bond donors (Lipinski definition) is 2. The minimum Gasteiger partial charge on any atom is -0.487 e. The Labute approximate surface area is 197 Å². The van der Waals surface area contributed by atoms with Crippen LogP contribution in [0.5, 0.6) is 11.5 Å². The van der Waals surface area contributed by atoms with Crippen LogP contribution in [0.2, 0.25) is 0 Å². The van der Waals surface area contributed by atoms with Crippen molar-refractivity contribution in [1.82, 2.24) is 0 Å². The minimum atomic E-state index is -1.06. The molecule has 0 amide bonds. The first kappa shape index (κ1) is 22.3. The molecular weight excluding hydrogens is 440 g/mol. The number of aliphatic hydroxyl groups is 2. The number of aliphatic hydroxyl groups excluding tert-OH is 2. The first-order chi connectivity index (χ1) is 16.3. The topological polar surface area (TPSA) is 77.4 Å². The van der Waals surface area contributed by atoms with Crippen molar-refractivity contribution in [2.45, 2.75) is 21.5 Å². The van der Waals surface area contributed by atoms with E-state index >= 15 is 0 Å². The van der Waals surface area contributed by atoms with Gasteiger partial charge < -0.3 is 29.2 Å². The molecule has 0 unspecified atom stereocenters. The summed E-state index contributed by atoms with van der Waals surface area (Å²) in [5.74, 6) is 0.108. The number of ether oxygens (including phenoxy) is 4. The molecule has 0 aromatic heterocycles. The summed E-state index contributed by atoms with van der Waals surface area (Å²) in [7, 11) is 0. The Balaban J connectivity index is 1.57. The third-order valence-electron chi connectivity index (χ3n) is 5.82. The molecule has 6 nitrogen and oxygen atoms in total. The van der Waals surface area contributed by atoms with Crippen molar-refractivity contribution in [3.8, 4) is 11.5 Å². The molecule has 1 saturated heterocycles. The Hall–Kier alpha value is -2.55. The summed E-state index contributed by atoms with van der Waals surface area (Å²) < 4.78 is 24.8. The predicted molar refractivity (Wildman–Crippen MR) is 124 cm³/mol. The smallest absolute Gasteiger partial charge is 0.224 e. The fraction of sp³-hybridized carbons (Fsp3) is 0.308.